The number of likely N-dealkylation sites (N-methyl/N-ethyl adjacent to an activating group) is 1. The van der Waals surface area contributed by atoms with Gasteiger partial charge in [0.15, 0.2) is 11.6 Å². The molecule has 11 nitrogen and oxygen atoms in total. The normalized spacial score (nSPS) is 16.7. The first-order valence-corrected chi connectivity index (χ1v) is 12.8. The second kappa shape index (κ2) is 12.1. The van der Waals surface area contributed by atoms with E-state index in [0.29, 0.717) is 13.1 Å². The Morgan fingerprint density at radius 3 is 2.39 bits per heavy atom. The molecule has 2 aliphatic rings. The largest absolute Gasteiger partial charge is 0.354 e. The molecule has 0 bridgehead atoms. The Morgan fingerprint density at radius 1 is 0.947 bits per heavy atom. The van der Waals surface area contributed by atoms with Gasteiger partial charge in [-0.1, -0.05) is 12.1 Å². The van der Waals surface area contributed by atoms with E-state index >= 15 is 0 Å². The Morgan fingerprint density at radius 2 is 1.68 bits per heavy atom. The number of pyridine rings is 1. The van der Waals surface area contributed by atoms with Crippen LogP contribution in [0.3, 0.4) is 0 Å². The zero-order chi connectivity index (χ0) is 26.3. The predicted octanol–water partition coefficient (Wildman–Crippen LogP) is 1.67. The number of anilines is 4. The van der Waals surface area contributed by atoms with Gasteiger partial charge in [0.2, 0.25) is 5.95 Å². The van der Waals surface area contributed by atoms with Crippen molar-refractivity contribution in [2.45, 2.75) is 6.54 Å². The van der Waals surface area contributed by atoms with Gasteiger partial charge in [0, 0.05) is 64.6 Å². The average molecular weight is 521 g/mol. The SMILES string of the molecule is CN1CCN(Cc2ccc(Nc3ccc(C(=O)NNc4ncc(F)c(N5CCNCC5)n4)nc3)cc2)CC1. The summed E-state index contributed by atoms with van der Waals surface area (Å²) in [7, 11) is 2.16. The lowest BCUT2D eigenvalue weighted by molar-refractivity contribution is 0.0957. The van der Waals surface area contributed by atoms with Gasteiger partial charge in [0.1, 0.15) is 5.69 Å². The fourth-order valence-corrected chi connectivity index (χ4v) is 4.42. The van der Waals surface area contributed by atoms with Gasteiger partial charge >= 0.3 is 0 Å². The number of nitrogens with one attached hydrogen (secondary N) is 4. The molecule has 3 aromatic rings. The zero-order valence-corrected chi connectivity index (χ0v) is 21.5. The van der Waals surface area contributed by atoms with E-state index in [1.54, 1.807) is 18.3 Å². The van der Waals surface area contributed by atoms with Crippen LogP contribution in [0.4, 0.5) is 27.5 Å². The molecule has 0 aliphatic carbocycles. The first-order chi connectivity index (χ1) is 18.5. The molecule has 38 heavy (non-hydrogen) atoms. The van der Waals surface area contributed by atoms with Crippen LogP contribution >= 0.6 is 0 Å². The number of halogens is 1. The van der Waals surface area contributed by atoms with Gasteiger partial charge in [0.25, 0.3) is 5.91 Å². The van der Waals surface area contributed by atoms with Gasteiger partial charge in [0.05, 0.1) is 18.1 Å². The first-order valence-electron chi connectivity index (χ1n) is 12.8. The maximum atomic E-state index is 14.2. The third-order valence-corrected chi connectivity index (χ3v) is 6.67. The zero-order valence-electron chi connectivity index (χ0n) is 21.5. The summed E-state index contributed by atoms with van der Waals surface area (Å²) in [6.07, 6.45) is 2.69. The van der Waals surface area contributed by atoms with E-state index in [-0.39, 0.29) is 17.5 Å². The fraction of sp³-hybridized carbons (Fsp3) is 0.385. The van der Waals surface area contributed by atoms with E-state index in [2.05, 4.69) is 65.4 Å². The highest BCUT2D eigenvalue weighted by atomic mass is 19.1. The maximum Gasteiger partial charge on any atom is 0.288 e. The highest BCUT2D eigenvalue weighted by molar-refractivity contribution is 5.93. The van der Waals surface area contributed by atoms with E-state index in [9.17, 15) is 9.18 Å². The van der Waals surface area contributed by atoms with Gasteiger partial charge in [-0.2, -0.15) is 4.98 Å². The fourth-order valence-electron chi connectivity index (χ4n) is 4.42. The highest BCUT2D eigenvalue weighted by Crippen LogP contribution is 2.19. The lowest BCUT2D eigenvalue weighted by atomic mass is 10.1. The molecule has 0 radical (unpaired) electrons. The molecule has 2 aromatic heterocycles. The summed E-state index contributed by atoms with van der Waals surface area (Å²) in [6.45, 7) is 8.13. The molecule has 200 valence electrons. The van der Waals surface area contributed by atoms with Crippen LogP contribution < -0.4 is 26.4 Å². The number of piperazine rings is 2. The van der Waals surface area contributed by atoms with Crippen LogP contribution in [0.1, 0.15) is 16.1 Å². The molecule has 4 N–H and O–H groups in total. The Balaban J connectivity index is 1.12. The molecule has 2 aliphatic heterocycles. The minimum atomic E-state index is -0.502. The first kappa shape index (κ1) is 25.8. The summed E-state index contributed by atoms with van der Waals surface area (Å²) in [5, 5.41) is 6.53. The summed E-state index contributed by atoms with van der Waals surface area (Å²) in [4.78, 5) is 31.6. The van der Waals surface area contributed by atoms with Crippen LogP contribution in [-0.2, 0) is 6.54 Å². The summed E-state index contributed by atoms with van der Waals surface area (Å²) in [5.41, 5.74) is 8.38. The lowest BCUT2D eigenvalue weighted by Gasteiger charge is -2.32. The second-order valence-corrected chi connectivity index (χ2v) is 9.51. The van der Waals surface area contributed by atoms with E-state index in [0.717, 1.165) is 63.4 Å². The highest BCUT2D eigenvalue weighted by Gasteiger charge is 2.18. The van der Waals surface area contributed by atoms with Gasteiger partial charge < -0.3 is 20.4 Å². The number of rotatable bonds is 8. The topological polar surface area (TPSA) is 114 Å². The average Bonchev–Trinajstić information content (AvgIpc) is 2.95. The van der Waals surface area contributed by atoms with Crippen molar-refractivity contribution >= 4 is 29.0 Å². The molecule has 2 fully saturated rings. The number of nitrogens with zero attached hydrogens (tertiary/aromatic N) is 6. The molecule has 0 atom stereocenters. The third kappa shape index (κ3) is 6.71. The molecule has 1 amide bonds. The monoisotopic (exact) mass is 520 g/mol. The van der Waals surface area contributed by atoms with Crippen molar-refractivity contribution in [3.63, 3.8) is 0 Å². The van der Waals surface area contributed by atoms with Crippen LogP contribution in [0.15, 0.2) is 48.8 Å². The van der Waals surface area contributed by atoms with Crippen LogP contribution in [-0.4, -0.2) is 90.1 Å². The minimum absolute atomic E-state index is 0.0997. The Bertz CT molecular complexity index is 1210. The smallest absolute Gasteiger partial charge is 0.288 e. The number of carbonyl (C=O) groups excluding carboxylic acids is 1. The van der Waals surface area contributed by atoms with Gasteiger partial charge in [-0.3, -0.25) is 20.5 Å². The molecule has 4 heterocycles. The van der Waals surface area contributed by atoms with Crippen molar-refractivity contribution in [1.82, 2.24) is 35.5 Å². The van der Waals surface area contributed by atoms with Crippen molar-refractivity contribution in [3.8, 4) is 0 Å². The molecule has 5 rings (SSSR count). The van der Waals surface area contributed by atoms with Crippen molar-refractivity contribution < 1.29 is 9.18 Å². The molecular weight excluding hydrogens is 487 g/mol. The van der Waals surface area contributed by atoms with E-state index < -0.39 is 11.7 Å². The molecule has 12 heteroatoms. The number of hydrogen-bond acceptors (Lipinski definition) is 10. The van der Waals surface area contributed by atoms with Crippen molar-refractivity contribution in [2.75, 3.05) is 75.0 Å². The standard InChI is InChI=1S/C26H33FN10O/c1-35-12-14-36(15-13-35)18-19-2-4-20(5-3-19)31-21-6-7-23(29-16-21)25(38)33-34-26-30-17-22(27)24(32-26)37-10-8-28-9-11-37/h2-7,16-17,28,31H,8-15,18H2,1H3,(H,33,38)(H,30,32,34). The van der Waals surface area contributed by atoms with Crippen LogP contribution in [0.5, 0.6) is 0 Å². The maximum absolute atomic E-state index is 14.2. The quantitative estimate of drug-likeness (QED) is 0.327. The Kier molecular flexibility index (Phi) is 8.22. The molecule has 0 unspecified atom stereocenters. The number of benzene rings is 1. The number of hydrazine groups is 1. The third-order valence-electron chi connectivity index (χ3n) is 6.67. The van der Waals surface area contributed by atoms with Crippen molar-refractivity contribution in [1.29, 1.82) is 0 Å². The van der Waals surface area contributed by atoms with Crippen molar-refractivity contribution in [2.24, 2.45) is 0 Å². The molecule has 0 saturated carbocycles. The minimum Gasteiger partial charge on any atom is -0.354 e. The number of carbonyl (C=O) groups is 1. The Hall–Kier alpha value is -3.87. The second-order valence-electron chi connectivity index (χ2n) is 9.51. The number of hydrogen-bond donors (Lipinski definition) is 4. The molecular formula is C26H33FN10O. The van der Waals surface area contributed by atoms with E-state index in [4.69, 9.17) is 0 Å². The predicted molar refractivity (Wildman–Crippen MR) is 145 cm³/mol. The summed E-state index contributed by atoms with van der Waals surface area (Å²) >= 11 is 0. The Labute approximate surface area is 221 Å². The summed E-state index contributed by atoms with van der Waals surface area (Å²) in [5.74, 6) is -0.651. The van der Waals surface area contributed by atoms with E-state index in [1.807, 2.05) is 17.0 Å². The number of amides is 1. The van der Waals surface area contributed by atoms with Gasteiger partial charge in [-0.25, -0.2) is 14.4 Å². The summed E-state index contributed by atoms with van der Waals surface area (Å²) < 4.78 is 14.2. The van der Waals surface area contributed by atoms with Crippen LogP contribution in [0.2, 0.25) is 0 Å². The molecule has 1 aromatic carbocycles. The number of aromatic nitrogens is 3. The van der Waals surface area contributed by atoms with Crippen LogP contribution in [0, 0.1) is 5.82 Å². The summed E-state index contributed by atoms with van der Waals surface area (Å²) in [6, 6.07) is 11.8. The van der Waals surface area contributed by atoms with Gasteiger partial charge in [-0.15, -0.1) is 0 Å². The molecule has 2 saturated heterocycles. The van der Waals surface area contributed by atoms with Crippen LogP contribution in [0.25, 0.3) is 0 Å². The van der Waals surface area contributed by atoms with E-state index in [1.165, 1.54) is 5.56 Å². The van der Waals surface area contributed by atoms with Crippen molar-refractivity contribution in [3.05, 3.63) is 65.9 Å². The molecule has 0 spiro atoms. The lowest BCUT2D eigenvalue weighted by Crippen LogP contribution is -2.44. The van der Waals surface area contributed by atoms with Gasteiger partial charge in [-0.05, 0) is 36.9 Å².